The molecule has 3 N–H and O–H groups in total. The van der Waals surface area contributed by atoms with E-state index >= 15 is 0 Å². The molecule has 1 aliphatic rings. The van der Waals surface area contributed by atoms with Gasteiger partial charge < -0.3 is 11.1 Å². The van der Waals surface area contributed by atoms with E-state index in [0.717, 1.165) is 19.3 Å². The predicted molar refractivity (Wildman–Crippen MR) is 71.6 cm³/mol. The van der Waals surface area contributed by atoms with Gasteiger partial charge >= 0.3 is 0 Å². The Hall–Kier alpha value is -0.570. The Morgan fingerprint density at radius 3 is 2.35 bits per heavy atom. The second-order valence-corrected chi connectivity index (χ2v) is 6.58. The first kappa shape index (κ1) is 14.5. The molecule has 0 aliphatic heterocycles. The van der Waals surface area contributed by atoms with Crippen LogP contribution in [0.5, 0.6) is 0 Å². The van der Waals surface area contributed by atoms with E-state index in [4.69, 9.17) is 5.73 Å². The predicted octanol–water partition coefficient (Wildman–Crippen LogP) is 2.45. The second kappa shape index (κ2) is 5.38. The van der Waals surface area contributed by atoms with Crippen LogP contribution in [0.25, 0.3) is 0 Å². The summed E-state index contributed by atoms with van der Waals surface area (Å²) in [5.41, 5.74) is 5.42. The first-order valence-electron chi connectivity index (χ1n) is 6.84. The fourth-order valence-corrected chi connectivity index (χ4v) is 2.89. The number of carbonyl (C=O) groups is 1. The summed E-state index contributed by atoms with van der Waals surface area (Å²) in [5.74, 6) is 0.740. The van der Waals surface area contributed by atoms with Gasteiger partial charge in [0.25, 0.3) is 0 Å². The normalized spacial score (nSPS) is 22.5. The van der Waals surface area contributed by atoms with Gasteiger partial charge in [0.1, 0.15) is 0 Å². The molecule has 0 aromatic carbocycles. The van der Waals surface area contributed by atoms with E-state index in [1.807, 2.05) is 0 Å². The highest BCUT2D eigenvalue weighted by atomic mass is 16.2. The Labute approximate surface area is 106 Å². The smallest absolute Gasteiger partial charge is 0.226 e. The molecule has 1 fully saturated rings. The number of nitrogens with one attached hydrogen (secondary N) is 1. The van der Waals surface area contributed by atoms with Crippen molar-refractivity contribution in [2.24, 2.45) is 17.1 Å². The van der Waals surface area contributed by atoms with Crippen molar-refractivity contribution < 1.29 is 4.79 Å². The highest BCUT2D eigenvalue weighted by Gasteiger charge is 2.39. The van der Waals surface area contributed by atoms with E-state index < -0.39 is 0 Å². The number of amides is 1. The van der Waals surface area contributed by atoms with E-state index in [-0.39, 0.29) is 16.9 Å². The molecule has 1 amide bonds. The summed E-state index contributed by atoms with van der Waals surface area (Å²) in [6, 6.07) is 0. The minimum Gasteiger partial charge on any atom is -0.349 e. The van der Waals surface area contributed by atoms with Crippen molar-refractivity contribution in [1.29, 1.82) is 0 Å². The summed E-state index contributed by atoms with van der Waals surface area (Å²) in [5, 5.41) is 3.19. The third kappa shape index (κ3) is 3.70. The number of hydrogen-bond acceptors (Lipinski definition) is 2. The quantitative estimate of drug-likeness (QED) is 0.775. The Kier molecular flexibility index (Phi) is 4.59. The van der Waals surface area contributed by atoms with Crippen molar-refractivity contribution in [3.05, 3.63) is 0 Å². The van der Waals surface area contributed by atoms with Crippen LogP contribution in [0, 0.1) is 11.3 Å². The van der Waals surface area contributed by atoms with E-state index in [9.17, 15) is 4.79 Å². The average molecular weight is 240 g/mol. The highest BCUT2D eigenvalue weighted by molar-refractivity contribution is 5.83. The minimum absolute atomic E-state index is 0.159. The highest BCUT2D eigenvalue weighted by Crippen LogP contribution is 2.38. The molecule has 1 rings (SSSR count). The van der Waals surface area contributed by atoms with Crippen LogP contribution in [0.3, 0.4) is 0 Å². The van der Waals surface area contributed by atoms with E-state index in [2.05, 4.69) is 33.0 Å². The van der Waals surface area contributed by atoms with Crippen molar-refractivity contribution in [3.63, 3.8) is 0 Å². The molecule has 0 bridgehead atoms. The number of hydrogen-bond donors (Lipinski definition) is 2. The Morgan fingerprint density at radius 1 is 1.41 bits per heavy atom. The third-order valence-electron chi connectivity index (χ3n) is 3.98. The lowest BCUT2D eigenvalue weighted by molar-refractivity contribution is -0.131. The lowest BCUT2D eigenvalue weighted by atomic mass is 9.84. The zero-order valence-corrected chi connectivity index (χ0v) is 11.8. The SMILES string of the molecule is CC(C)CC(C)(CN)NC(=O)C1(C)CCCC1. The fourth-order valence-electron chi connectivity index (χ4n) is 2.89. The summed E-state index contributed by atoms with van der Waals surface area (Å²) in [7, 11) is 0. The molecule has 0 heterocycles. The first-order chi connectivity index (χ1) is 7.81. The first-order valence-corrected chi connectivity index (χ1v) is 6.84. The van der Waals surface area contributed by atoms with E-state index in [1.54, 1.807) is 0 Å². The Bertz CT molecular complexity index is 269. The van der Waals surface area contributed by atoms with Gasteiger partial charge in [0.2, 0.25) is 5.91 Å². The van der Waals surface area contributed by atoms with Crippen LogP contribution in [0.2, 0.25) is 0 Å². The molecule has 1 atom stereocenters. The van der Waals surface area contributed by atoms with Crippen molar-refractivity contribution in [1.82, 2.24) is 5.32 Å². The lowest BCUT2D eigenvalue weighted by Gasteiger charge is -2.35. The molecule has 3 nitrogen and oxygen atoms in total. The number of nitrogens with two attached hydrogens (primary N) is 1. The molecule has 0 radical (unpaired) electrons. The summed E-state index contributed by atoms with van der Waals surface area (Å²) < 4.78 is 0. The minimum atomic E-state index is -0.253. The Morgan fingerprint density at radius 2 is 1.94 bits per heavy atom. The number of rotatable bonds is 5. The molecular formula is C14H28N2O. The largest absolute Gasteiger partial charge is 0.349 e. The van der Waals surface area contributed by atoms with Crippen molar-refractivity contribution in [3.8, 4) is 0 Å². The van der Waals surface area contributed by atoms with Crippen LogP contribution < -0.4 is 11.1 Å². The fraction of sp³-hybridized carbons (Fsp3) is 0.929. The van der Waals surface area contributed by atoms with Gasteiger partial charge in [0.05, 0.1) is 0 Å². The van der Waals surface area contributed by atoms with Crippen LogP contribution in [-0.4, -0.2) is 18.0 Å². The molecule has 17 heavy (non-hydrogen) atoms. The van der Waals surface area contributed by atoms with Gasteiger partial charge in [0, 0.05) is 17.5 Å². The van der Waals surface area contributed by atoms with Gasteiger partial charge in [-0.1, -0.05) is 33.6 Å². The van der Waals surface area contributed by atoms with Gasteiger partial charge in [-0.25, -0.2) is 0 Å². The van der Waals surface area contributed by atoms with Crippen LogP contribution >= 0.6 is 0 Å². The molecule has 0 saturated heterocycles. The van der Waals surface area contributed by atoms with Crippen molar-refractivity contribution in [2.45, 2.75) is 65.3 Å². The van der Waals surface area contributed by atoms with E-state index in [0.29, 0.717) is 12.5 Å². The third-order valence-corrected chi connectivity index (χ3v) is 3.98. The van der Waals surface area contributed by atoms with Crippen LogP contribution in [0.15, 0.2) is 0 Å². The van der Waals surface area contributed by atoms with Gasteiger partial charge in [-0.3, -0.25) is 4.79 Å². The lowest BCUT2D eigenvalue weighted by Crippen LogP contribution is -2.55. The molecule has 0 aromatic rings. The standard InChI is InChI=1S/C14H28N2O/c1-11(2)9-14(4,10-15)16-12(17)13(3)7-5-6-8-13/h11H,5-10,15H2,1-4H3,(H,16,17). The molecule has 3 heteroatoms. The maximum Gasteiger partial charge on any atom is 0.226 e. The summed E-state index contributed by atoms with van der Waals surface area (Å²) in [6.45, 7) is 8.98. The Balaban J connectivity index is 2.64. The van der Waals surface area contributed by atoms with Crippen LogP contribution in [-0.2, 0) is 4.79 Å². The van der Waals surface area contributed by atoms with Gasteiger partial charge in [-0.2, -0.15) is 0 Å². The van der Waals surface area contributed by atoms with E-state index in [1.165, 1.54) is 12.8 Å². The zero-order valence-electron chi connectivity index (χ0n) is 11.8. The van der Waals surface area contributed by atoms with Crippen LogP contribution in [0.4, 0.5) is 0 Å². The molecule has 1 aliphatic carbocycles. The maximum absolute atomic E-state index is 12.4. The topological polar surface area (TPSA) is 55.1 Å². The maximum atomic E-state index is 12.4. The zero-order chi connectivity index (χ0) is 13.1. The van der Waals surface area contributed by atoms with Gasteiger partial charge in [0.15, 0.2) is 0 Å². The van der Waals surface area contributed by atoms with Crippen LogP contribution in [0.1, 0.15) is 59.8 Å². The van der Waals surface area contributed by atoms with Crippen molar-refractivity contribution in [2.75, 3.05) is 6.54 Å². The molecule has 1 saturated carbocycles. The van der Waals surface area contributed by atoms with Crippen molar-refractivity contribution >= 4 is 5.91 Å². The summed E-state index contributed by atoms with van der Waals surface area (Å²) in [6.07, 6.45) is 5.31. The molecule has 0 spiro atoms. The summed E-state index contributed by atoms with van der Waals surface area (Å²) >= 11 is 0. The summed E-state index contributed by atoms with van der Waals surface area (Å²) in [4.78, 5) is 12.4. The molecule has 1 unspecified atom stereocenters. The molecule has 0 aromatic heterocycles. The van der Waals surface area contributed by atoms with Gasteiger partial charge in [-0.05, 0) is 32.1 Å². The average Bonchev–Trinajstić information content (AvgIpc) is 2.65. The second-order valence-electron chi connectivity index (χ2n) is 6.58. The molecular weight excluding hydrogens is 212 g/mol. The van der Waals surface area contributed by atoms with Gasteiger partial charge in [-0.15, -0.1) is 0 Å². The monoisotopic (exact) mass is 240 g/mol. The number of carbonyl (C=O) groups excluding carboxylic acids is 1. The molecule has 100 valence electrons.